The maximum Gasteiger partial charge on any atom is 0.0626 e. The zero-order chi connectivity index (χ0) is 10.7. The second-order valence-electron chi connectivity index (χ2n) is 3.84. The number of aliphatic hydroxyl groups excluding tert-OH is 1. The van der Waals surface area contributed by atoms with Crippen molar-refractivity contribution in [2.24, 2.45) is 0 Å². The second-order valence-corrected chi connectivity index (χ2v) is 3.84. The maximum atomic E-state index is 9.24. The Labute approximate surface area is 86.0 Å². The van der Waals surface area contributed by atoms with Crippen LogP contribution in [0.3, 0.4) is 0 Å². The molecule has 0 saturated carbocycles. The van der Waals surface area contributed by atoms with Crippen LogP contribution in [-0.2, 0) is 0 Å². The number of rotatable bonds is 3. The third-order valence-corrected chi connectivity index (χ3v) is 2.62. The number of likely N-dealkylation sites (N-methyl/N-ethyl adjacent to an activating group) is 1. The Morgan fingerprint density at radius 2 is 1.71 bits per heavy atom. The monoisotopic (exact) mass is 193 g/mol. The van der Waals surface area contributed by atoms with Crippen LogP contribution in [0.4, 0.5) is 0 Å². The molecule has 0 fully saturated rings. The van der Waals surface area contributed by atoms with Gasteiger partial charge in [-0.1, -0.05) is 17.7 Å². The Bertz CT molecular complexity index is 293. The third-order valence-electron chi connectivity index (χ3n) is 2.62. The van der Waals surface area contributed by atoms with Crippen LogP contribution in [0.1, 0.15) is 28.3 Å². The molecule has 0 aliphatic carbocycles. The molecule has 1 atom stereocenters. The Kier molecular flexibility index (Phi) is 3.67. The summed E-state index contributed by atoms with van der Waals surface area (Å²) < 4.78 is 0. The molecule has 0 amide bonds. The summed E-state index contributed by atoms with van der Waals surface area (Å²) in [4.78, 5) is 0. The standard InChI is InChI=1S/C12H19NO/c1-8-5-9(2)12(10(3)6-8)11(7-14)13-4/h5-6,11,13-14H,7H2,1-4H3. The molecule has 14 heavy (non-hydrogen) atoms. The average molecular weight is 193 g/mol. The summed E-state index contributed by atoms with van der Waals surface area (Å²) in [6.45, 7) is 6.42. The molecule has 0 bridgehead atoms. The molecule has 0 aliphatic rings. The molecule has 2 N–H and O–H groups in total. The Morgan fingerprint density at radius 3 is 2.07 bits per heavy atom. The summed E-state index contributed by atoms with van der Waals surface area (Å²) in [6.07, 6.45) is 0. The van der Waals surface area contributed by atoms with E-state index in [0.29, 0.717) is 0 Å². The number of nitrogens with one attached hydrogen (secondary N) is 1. The van der Waals surface area contributed by atoms with Gasteiger partial charge in [-0.3, -0.25) is 0 Å². The first-order valence-electron chi connectivity index (χ1n) is 4.96. The van der Waals surface area contributed by atoms with Crippen molar-refractivity contribution in [2.75, 3.05) is 13.7 Å². The lowest BCUT2D eigenvalue weighted by molar-refractivity contribution is 0.250. The molecular weight excluding hydrogens is 174 g/mol. The highest BCUT2D eigenvalue weighted by Crippen LogP contribution is 2.22. The molecule has 0 aromatic heterocycles. The maximum absolute atomic E-state index is 9.24. The molecule has 0 heterocycles. The van der Waals surface area contributed by atoms with E-state index in [9.17, 15) is 5.11 Å². The van der Waals surface area contributed by atoms with Gasteiger partial charge in [-0.25, -0.2) is 0 Å². The lowest BCUT2D eigenvalue weighted by Crippen LogP contribution is -2.22. The number of hydrogen-bond donors (Lipinski definition) is 2. The van der Waals surface area contributed by atoms with Crippen LogP contribution >= 0.6 is 0 Å². The number of hydrogen-bond acceptors (Lipinski definition) is 2. The quantitative estimate of drug-likeness (QED) is 0.768. The topological polar surface area (TPSA) is 32.3 Å². The fraction of sp³-hybridized carbons (Fsp3) is 0.500. The zero-order valence-electron chi connectivity index (χ0n) is 9.39. The van der Waals surface area contributed by atoms with E-state index in [2.05, 4.69) is 38.2 Å². The van der Waals surface area contributed by atoms with E-state index >= 15 is 0 Å². The zero-order valence-corrected chi connectivity index (χ0v) is 9.39. The smallest absolute Gasteiger partial charge is 0.0626 e. The average Bonchev–Trinajstić information content (AvgIpc) is 2.10. The van der Waals surface area contributed by atoms with Gasteiger partial charge in [0.1, 0.15) is 0 Å². The summed E-state index contributed by atoms with van der Waals surface area (Å²) in [7, 11) is 1.87. The lowest BCUT2D eigenvalue weighted by atomic mass is 9.94. The SMILES string of the molecule is CNC(CO)c1c(C)cc(C)cc1C. The van der Waals surface area contributed by atoms with Crippen LogP contribution in [0.2, 0.25) is 0 Å². The van der Waals surface area contributed by atoms with Gasteiger partial charge in [-0.05, 0) is 44.5 Å². The molecule has 1 rings (SSSR count). The molecule has 1 aromatic rings. The van der Waals surface area contributed by atoms with Crippen molar-refractivity contribution in [3.63, 3.8) is 0 Å². The minimum atomic E-state index is 0.0515. The van der Waals surface area contributed by atoms with E-state index in [0.717, 1.165) is 0 Å². The first-order chi connectivity index (χ1) is 6.60. The van der Waals surface area contributed by atoms with Gasteiger partial charge in [0.25, 0.3) is 0 Å². The molecule has 78 valence electrons. The van der Waals surface area contributed by atoms with Crippen molar-refractivity contribution in [3.8, 4) is 0 Å². The molecule has 1 unspecified atom stereocenters. The van der Waals surface area contributed by atoms with E-state index in [1.165, 1.54) is 22.3 Å². The van der Waals surface area contributed by atoms with Crippen LogP contribution in [0, 0.1) is 20.8 Å². The third kappa shape index (κ3) is 2.14. The Balaban J connectivity index is 3.19. The number of aliphatic hydroxyl groups is 1. The first kappa shape index (κ1) is 11.2. The van der Waals surface area contributed by atoms with Crippen LogP contribution in [0.5, 0.6) is 0 Å². The molecule has 0 aliphatic heterocycles. The Morgan fingerprint density at radius 1 is 1.21 bits per heavy atom. The van der Waals surface area contributed by atoms with Gasteiger partial charge in [0.15, 0.2) is 0 Å². The molecule has 2 heteroatoms. The van der Waals surface area contributed by atoms with Gasteiger partial charge in [0.2, 0.25) is 0 Å². The Hall–Kier alpha value is -0.860. The summed E-state index contributed by atoms with van der Waals surface area (Å²) in [6, 6.07) is 4.36. The van der Waals surface area contributed by atoms with E-state index in [1.54, 1.807) is 0 Å². The number of aryl methyl sites for hydroxylation is 3. The molecule has 0 spiro atoms. The van der Waals surface area contributed by atoms with Crippen molar-refractivity contribution >= 4 is 0 Å². The van der Waals surface area contributed by atoms with Gasteiger partial charge in [0, 0.05) is 0 Å². The van der Waals surface area contributed by atoms with Crippen LogP contribution in [0.15, 0.2) is 12.1 Å². The minimum Gasteiger partial charge on any atom is -0.394 e. The summed E-state index contributed by atoms with van der Waals surface area (Å²) >= 11 is 0. The number of benzene rings is 1. The van der Waals surface area contributed by atoms with E-state index in [4.69, 9.17) is 0 Å². The first-order valence-corrected chi connectivity index (χ1v) is 4.96. The van der Waals surface area contributed by atoms with E-state index < -0.39 is 0 Å². The predicted molar refractivity (Wildman–Crippen MR) is 59.5 cm³/mol. The van der Waals surface area contributed by atoms with Gasteiger partial charge in [-0.15, -0.1) is 0 Å². The highest BCUT2D eigenvalue weighted by atomic mass is 16.3. The van der Waals surface area contributed by atoms with Crippen molar-refractivity contribution < 1.29 is 5.11 Å². The summed E-state index contributed by atoms with van der Waals surface area (Å²) in [5.41, 5.74) is 4.99. The second kappa shape index (κ2) is 4.58. The van der Waals surface area contributed by atoms with Gasteiger partial charge >= 0.3 is 0 Å². The van der Waals surface area contributed by atoms with Crippen molar-refractivity contribution in [1.29, 1.82) is 0 Å². The summed E-state index contributed by atoms with van der Waals surface area (Å²) in [5.74, 6) is 0. The highest BCUT2D eigenvalue weighted by molar-refractivity contribution is 5.39. The molecule has 0 saturated heterocycles. The van der Waals surface area contributed by atoms with E-state index in [-0.39, 0.29) is 12.6 Å². The van der Waals surface area contributed by atoms with E-state index in [1.807, 2.05) is 7.05 Å². The van der Waals surface area contributed by atoms with Gasteiger partial charge < -0.3 is 10.4 Å². The van der Waals surface area contributed by atoms with Crippen molar-refractivity contribution in [1.82, 2.24) is 5.32 Å². The molecule has 1 aromatic carbocycles. The summed E-state index contributed by atoms with van der Waals surface area (Å²) in [5, 5.41) is 12.4. The van der Waals surface area contributed by atoms with Crippen molar-refractivity contribution in [3.05, 3.63) is 34.4 Å². The van der Waals surface area contributed by atoms with Gasteiger partial charge in [-0.2, -0.15) is 0 Å². The predicted octanol–water partition coefficient (Wildman–Crippen LogP) is 1.86. The van der Waals surface area contributed by atoms with Crippen LogP contribution < -0.4 is 5.32 Å². The minimum absolute atomic E-state index is 0.0515. The molecular formula is C12H19NO. The van der Waals surface area contributed by atoms with Crippen LogP contribution in [0.25, 0.3) is 0 Å². The fourth-order valence-electron chi connectivity index (χ4n) is 2.07. The van der Waals surface area contributed by atoms with Crippen LogP contribution in [-0.4, -0.2) is 18.8 Å². The fourth-order valence-corrected chi connectivity index (χ4v) is 2.07. The lowest BCUT2D eigenvalue weighted by Gasteiger charge is -2.19. The highest BCUT2D eigenvalue weighted by Gasteiger charge is 2.13. The van der Waals surface area contributed by atoms with Gasteiger partial charge in [0.05, 0.1) is 12.6 Å². The largest absolute Gasteiger partial charge is 0.394 e. The molecule has 0 radical (unpaired) electrons. The van der Waals surface area contributed by atoms with Crippen molar-refractivity contribution in [2.45, 2.75) is 26.8 Å². The normalized spacial score (nSPS) is 12.9. The molecule has 2 nitrogen and oxygen atoms in total.